The van der Waals surface area contributed by atoms with Gasteiger partial charge in [0, 0.05) is 54.8 Å². The first-order valence-corrected chi connectivity index (χ1v) is 14.5. The van der Waals surface area contributed by atoms with Crippen molar-refractivity contribution in [3.63, 3.8) is 0 Å². The minimum atomic E-state index is -0.320. The third-order valence-electron chi connectivity index (χ3n) is 8.68. The maximum Gasteiger partial charge on any atom is 0.253 e. The van der Waals surface area contributed by atoms with Gasteiger partial charge in [0.2, 0.25) is 0 Å². The molecular weight excluding hydrogens is 502 g/mol. The lowest BCUT2D eigenvalue weighted by atomic mass is 9.94. The Morgan fingerprint density at radius 2 is 1.80 bits per heavy atom. The third-order valence-corrected chi connectivity index (χ3v) is 8.68. The molecule has 0 radical (unpaired) electrons. The highest BCUT2D eigenvalue weighted by Gasteiger charge is 2.34. The Hall–Kier alpha value is -3.56. The molecule has 2 aromatic heterocycles. The molecule has 40 heavy (non-hydrogen) atoms. The standard InChI is InChI=1S/C31H39N7O2/c1-21-17-22(2)25-19-26(31(39)32-27(25)18-21)29(30-33-34-35-38(30)24-10-5-4-6-11-24)37-15-13-36(14-16-37)20-23-9-7-8-12-28(23)40-3/h7-9,12,17-19,24,29H,4-6,10-11,13-16,20H2,1-3H3,(H,32,39)/t29-/m1/s1. The molecule has 210 valence electrons. The lowest BCUT2D eigenvalue weighted by Gasteiger charge is -2.39. The third kappa shape index (κ3) is 5.28. The summed E-state index contributed by atoms with van der Waals surface area (Å²) in [6, 6.07) is 14.5. The molecule has 0 bridgehead atoms. The van der Waals surface area contributed by atoms with Gasteiger partial charge < -0.3 is 9.72 Å². The minimum absolute atomic E-state index is 0.0721. The van der Waals surface area contributed by atoms with Crippen LogP contribution in [0.5, 0.6) is 5.75 Å². The Labute approximate surface area is 235 Å². The number of methoxy groups -OCH3 is 1. The Morgan fingerprint density at radius 3 is 2.58 bits per heavy atom. The van der Waals surface area contributed by atoms with E-state index in [0.717, 1.165) is 79.2 Å². The lowest BCUT2D eigenvalue weighted by molar-refractivity contribution is 0.0977. The molecule has 2 aromatic carbocycles. The van der Waals surface area contributed by atoms with Crippen LogP contribution in [-0.4, -0.2) is 68.3 Å². The Balaban J connectivity index is 1.35. The van der Waals surface area contributed by atoms with Crippen LogP contribution in [0.25, 0.3) is 10.9 Å². The summed E-state index contributed by atoms with van der Waals surface area (Å²) in [6.07, 6.45) is 5.78. The Bertz CT molecular complexity index is 1530. The summed E-state index contributed by atoms with van der Waals surface area (Å²) < 4.78 is 7.61. The van der Waals surface area contributed by atoms with Crippen LogP contribution in [-0.2, 0) is 6.54 Å². The van der Waals surface area contributed by atoms with Crippen LogP contribution in [0.3, 0.4) is 0 Å². The van der Waals surface area contributed by atoms with Gasteiger partial charge in [-0.2, -0.15) is 0 Å². The molecule has 1 N–H and O–H groups in total. The number of ether oxygens (including phenoxy) is 1. The van der Waals surface area contributed by atoms with Crippen LogP contribution in [0.4, 0.5) is 0 Å². The van der Waals surface area contributed by atoms with Gasteiger partial charge in [0.15, 0.2) is 5.82 Å². The van der Waals surface area contributed by atoms with Crippen LogP contribution >= 0.6 is 0 Å². The average molecular weight is 542 g/mol. The summed E-state index contributed by atoms with van der Waals surface area (Å²) in [7, 11) is 1.72. The number of hydrogen-bond acceptors (Lipinski definition) is 7. The van der Waals surface area contributed by atoms with E-state index in [2.05, 4.69) is 68.4 Å². The monoisotopic (exact) mass is 541 g/mol. The van der Waals surface area contributed by atoms with E-state index in [-0.39, 0.29) is 17.6 Å². The molecule has 1 aliphatic carbocycles. The summed E-state index contributed by atoms with van der Waals surface area (Å²) in [5, 5.41) is 14.3. The van der Waals surface area contributed by atoms with Crippen molar-refractivity contribution in [2.45, 2.75) is 64.6 Å². The molecule has 0 amide bonds. The molecule has 6 rings (SSSR count). The number of pyridine rings is 1. The number of nitrogens with zero attached hydrogens (tertiary/aromatic N) is 6. The second kappa shape index (κ2) is 11.5. The molecule has 1 saturated heterocycles. The summed E-state index contributed by atoms with van der Waals surface area (Å²) >= 11 is 0. The fraction of sp³-hybridized carbons (Fsp3) is 0.484. The van der Waals surface area contributed by atoms with Gasteiger partial charge in [-0.15, -0.1) is 5.10 Å². The van der Waals surface area contributed by atoms with Gasteiger partial charge in [-0.3, -0.25) is 14.6 Å². The van der Waals surface area contributed by atoms with Gasteiger partial charge in [-0.05, 0) is 66.4 Å². The first kappa shape index (κ1) is 26.7. The average Bonchev–Trinajstić information content (AvgIpc) is 3.45. The predicted molar refractivity (Wildman–Crippen MR) is 156 cm³/mol. The largest absolute Gasteiger partial charge is 0.496 e. The number of aromatic amines is 1. The lowest BCUT2D eigenvalue weighted by Crippen LogP contribution is -2.48. The zero-order chi connectivity index (χ0) is 27.6. The van der Waals surface area contributed by atoms with Gasteiger partial charge in [0.1, 0.15) is 11.8 Å². The van der Waals surface area contributed by atoms with E-state index >= 15 is 0 Å². The number of aryl methyl sites for hydroxylation is 2. The number of H-pyrrole nitrogens is 1. The number of rotatable bonds is 7. The molecule has 9 heteroatoms. The van der Waals surface area contributed by atoms with Crippen molar-refractivity contribution in [1.29, 1.82) is 0 Å². The summed E-state index contributed by atoms with van der Waals surface area (Å²) in [5.41, 5.74) is 4.99. The maximum absolute atomic E-state index is 13.7. The first-order valence-electron chi connectivity index (χ1n) is 14.5. The van der Waals surface area contributed by atoms with E-state index in [0.29, 0.717) is 5.56 Å². The van der Waals surface area contributed by atoms with Crippen molar-refractivity contribution in [1.82, 2.24) is 35.0 Å². The second-order valence-electron chi connectivity index (χ2n) is 11.4. The highest BCUT2D eigenvalue weighted by atomic mass is 16.5. The number of tetrazole rings is 1. The molecule has 1 saturated carbocycles. The van der Waals surface area contributed by atoms with Gasteiger partial charge >= 0.3 is 0 Å². The number of benzene rings is 2. The van der Waals surface area contributed by atoms with Crippen LogP contribution in [0.15, 0.2) is 47.3 Å². The fourth-order valence-corrected chi connectivity index (χ4v) is 6.61. The van der Waals surface area contributed by atoms with Gasteiger partial charge in [0.25, 0.3) is 5.56 Å². The van der Waals surface area contributed by atoms with E-state index in [1.165, 1.54) is 24.8 Å². The van der Waals surface area contributed by atoms with Crippen molar-refractivity contribution < 1.29 is 4.74 Å². The van der Waals surface area contributed by atoms with Gasteiger partial charge in [-0.1, -0.05) is 43.5 Å². The van der Waals surface area contributed by atoms with E-state index < -0.39 is 0 Å². The molecule has 3 heterocycles. The second-order valence-corrected chi connectivity index (χ2v) is 11.4. The van der Waals surface area contributed by atoms with Crippen molar-refractivity contribution in [3.8, 4) is 5.75 Å². The smallest absolute Gasteiger partial charge is 0.253 e. The number of piperazine rings is 1. The first-order chi connectivity index (χ1) is 19.5. The van der Waals surface area contributed by atoms with Crippen molar-refractivity contribution in [3.05, 3.63) is 80.9 Å². The molecule has 1 atom stereocenters. The van der Waals surface area contributed by atoms with Crippen LogP contribution < -0.4 is 10.3 Å². The molecule has 0 unspecified atom stereocenters. The summed E-state index contributed by atoms with van der Waals surface area (Å²) in [5.74, 6) is 1.70. The van der Waals surface area contributed by atoms with E-state index in [1.807, 2.05) is 22.9 Å². The van der Waals surface area contributed by atoms with E-state index in [1.54, 1.807) is 7.11 Å². The minimum Gasteiger partial charge on any atom is -0.496 e. The van der Waals surface area contributed by atoms with Crippen molar-refractivity contribution in [2.75, 3.05) is 33.3 Å². The quantitative estimate of drug-likeness (QED) is 0.367. The highest BCUT2D eigenvalue weighted by molar-refractivity contribution is 5.83. The molecule has 2 fully saturated rings. The Kier molecular flexibility index (Phi) is 7.67. The van der Waals surface area contributed by atoms with Crippen molar-refractivity contribution in [2.24, 2.45) is 0 Å². The SMILES string of the molecule is COc1ccccc1CN1CCN([C@H](c2cc3c(C)cc(C)cc3[nH]c2=O)c2nnnn2C2CCCCC2)CC1. The van der Waals surface area contributed by atoms with Crippen molar-refractivity contribution >= 4 is 10.9 Å². The summed E-state index contributed by atoms with van der Waals surface area (Å²) in [6.45, 7) is 8.37. The van der Waals surface area contributed by atoms with Gasteiger partial charge in [0.05, 0.1) is 13.2 Å². The maximum atomic E-state index is 13.7. The molecule has 2 aliphatic rings. The number of para-hydroxylation sites is 1. The molecule has 1 aliphatic heterocycles. The zero-order valence-corrected chi connectivity index (χ0v) is 23.8. The normalized spacial score (nSPS) is 18.3. The molecule has 0 spiro atoms. The van der Waals surface area contributed by atoms with Gasteiger partial charge in [-0.25, -0.2) is 4.68 Å². The fourth-order valence-electron chi connectivity index (χ4n) is 6.61. The number of aromatic nitrogens is 5. The van der Waals surface area contributed by atoms with Crippen LogP contribution in [0.2, 0.25) is 0 Å². The van der Waals surface area contributed by atoms with Crippen LogP contribution in [0.1, 0.15) is 72.3 Å². The number of nitrogens with one attached hydrogen (secondary N) is 1. The van der Waals surface area contributed by atoms with Crippen LogP contribution in [0, 0.1) is 13.8 Å². The zero-order valence-electron chi connectivity index (χ0n) is 23.8. The van der Waals surface area contributed by atoms with E-state index in [9.17, 15) is 4.79 Å². The molecule has 4 aromatic rings. The predicted octanol–water partition coefficient (Wildman–Crippen LogP) is 4.55. The topological polar surface area (TPSA) is 92.2 Å². The molecular formula is C31H39N7O2. The van der Waals surface area contributed by atoms with E-state index in [4.69, 9.17) is 4.74 Å². The molecule has 9 nitrogen and oxygen atoms in total. The number of fused-ring (bicyclic) bond motifs is 1. The number of hydrogen-bond donors (Lipinski definition) is 1. The summed E-state index contributed by atoms with van der Waals surface area (Å²) in [4.78, 5) is 21.7. The Morgan fingerprint density at radius 1 is 1.02 bits per heavy atom. The highest BCUT2D eigenvalue weighted by Crippen LogP contribution is 2.34.